The van der Waals surface area contributed by atoms with Crippen LogP contribution in [0.25, 0.3) is 66.9 Å². The molecule has 2 aromatic heterocycles. The van der Waals surface area contributed by atoms with Crippen LogP contribution in [0, 0.1) is 0 Å². The molecule has 48 heavy (non-hydrogen) atoms. The maximum Gasteiger partial charge on any atom is 0.164 e. The first-order chi connectivity index (χ1) is 23.8. The van der Waals surface area contributed by atoms with Crippen LogP contribution in [0.15, 0.2) is 174 Å². The Morgan fingerprint density at radius 1 is 0.396 bits per heavy atom. The van der Waals surface area contributed by atoms with Crippen LogP contribution >= 0.6 is 0 Å². The summed E-state index contributed by atoms with van der Waals surface area (Å²) in [5.41, 5.74) is 7.27. The summed E-state index contributed by atoms with van der Waals surface area (Å²) < 4.78 is 6.72. The van der Waals surface area contributed by atoms with Crippen molar-refractivity contribution in [1.29, 1.82) is 0 Å². The topological polar surface area (TPSA) is 55.1 Å². The smallest absolute Gasteiger partial charge is 0.164 e. The normalized spacial score (nSPS) is 11.3. The van der Waals surface area contributed by atoms with Gasteiger partial charge in [-0.3, -0.25) is 0 Å². The Labute approximate surface area is 277 Å². The molecule has 0 radical (unpaired) electrons. The second kappa shape index (κ2) is 11.6. The minimum absolute atomic E-state index is 0.575. The molecular formula is C43H28N4O. The summed E-state index contributed by atoms with van der Waals surface area (Å²) in [6.07, 6.45) is 0. The monoisotopic (exact) mass is 616 g/mol. The Hall–Kier alpha value is -6.59. The highest BCUT2D eigenvalue weighted by Crippen LogP contribution is 2.44. The fourth-order valence-electron chi connectivity index (χ4n) is 6.41. The fraction of sp³-hybridized carbons (Fsp3) is 0. The first kappa shape index (κ1) is 27.7. The number of para-hydroxylation sites is 2. The van der Waals surface area contributed by atoms with Gasteiger partial charge in [0.25, 0.3) is 0 Å². The number of hydrogen-bond donors (Lipinski definition) is 0. The first-order valence-corrected chi connectivity index (χ1v) is 16.0. The highest BCUT2D eigenvalue weighted by molar-refractivity contribution is 6.16. The van der Waals surface area contributed by atoms with E-state index in [0.29, 0.717) is 17.5 Å². The lowest BCUT2D eigenvalue weighted by molar-refractivity contribution is 0.669. The third kappa shape index (κ3) is 4.95. The molecule has 0 fully saturated rings. The van der Waals surface area contributed by atoms with Gasteiger partial charge in [-0.1, -0.05) is 121 Å². The Balaban J connectivity index is 1.38. The van der Waals surface area contributed by atoms with Gasteiger partial charge >= 0.3 is 0 Å². The molecule has 0 saturated carbocycles. The zero-order chi connectivity index (χ0) is 31.9. The van der Waals surface area contributed by atoms with E-state index in [1.807, 2.05) is 72.8 Å². The molecule has 0 spiro atoms. The summed E-state index contributed by atoms with van der Waals surface area (Å²) in [6.45, 7) is 0. The molecule has 9 aromatic rings. The third-order valence-corrected chi connectivity index (χ3v) is 8.65. The van der Waals surface area contributed by atoms with Gasteiger partial charge in [-0.25, -0.2) is 15.0 Å². The molecule has 0 atom stereocenters. The van der Waals surface area contributed by atoms with Crippen LogP contribution in [0.3, 0.4) is 0 Å². The van der Waals surface area contributed by atoms with Crippen molar-refractivity contribution in [1.82, 2.24) is 15.0 Å². The van der Waals surface area contributed by atoms with Crippen LogP contribution < -0.4 is 4.90 Å². The van der Waals surface area contributed by atoms with Crippen LogP contribution in [-0.4, -0.2) is 15.0 Å². The number of benzene rings is 7. The van der Waals surface area contributed by atoms with Gasteiger partial charge in [-0.05, 0) is 53.2 Å². The minimum Gasteiger partial charge on any atom is -0.456 e. The highest BCUT2D eigenvalue weighted by Gasteiger charge is 2.22. The molecule has 0 unspecified atom stereocenters. The zero-order valence-electron chi connectivity index (χ0n) is 25.9. The lowest BCUT2D eigenvalue weighted by Gasteiger charge is -2.26. The molecule has 0 aliphatic carbocycles. The molecule has 226 valence electrons. The van der Waals surface area contributed by atoms with Gasteiger partial charge in [0.1, 0.15) is 11.2 Å². The number of rotatable bonds is 6. The Bertz CT molecular complexity index is 2450. The van der Waals surface area contributed by atoms with Gasteiger partial charge < -0.3 is 9.32 Å². The van der Waals surface area contributed by atoms with Crippen molar-refractivity contribution in [3.05, 3.63) is 170 Å². The van der Waals surface area contributed by atoms with E-state index in [0.717, 1.165) is 66.5 Å². The summed E-state index contributed by atoms with van der Waals surface area (Å²) in [5.74, 6) is 1.80. The molecular weight excluding hydrogens is 589 g/mol. The van der Waals surface area contributed by atoms with E-state index in [9.17, 15) is 0 Å². The number of nitrogens with zero attached hydrogens (tertiary/aromatic N) is 4. The second-order valence-corrected chi connectivity index (χ2v) is 11.7. The van der Waals surface area contributed by atoms with Crippen molar-refractivity contribution in [3.63, 3.8) is 0 Å². The summed E-state index contributed by atoms with van der Waals surface area (Å²) >= 11 is 0. The molecule has 2 heterocycles. The fourth-order valence-corrected chi connectivity index (χ4v) is 6.41. The van der Waals surface area contributed by atoms with Crippen molar-refractivity contribution in [3.8, 4) is 34.2 Å². The number of anilines is 3. The van der Waals surface area contributed by atoms with Gasteiger partial charge in [-0.15, -0.1) is 0 Å². The molecule has 0 saturated heterocycles. The van der Waals surface area contributed by atoms with Gasteiger partial charge in [-0.2, -0.15) is 0 Å². The quantitative estimate of drug-likeness (QED) is 0.186. The number of fused-ring (bicyclic) bond motifs is 4. The standard InChI is InChI=1S/C43H28N4O/c1-5-15-29(16-6-1)41-44-42(30-17-7-2-8-18-30)46-43(45-41)37-27-35(47(33-21-9-3-10-22-33)34-23-11-4-12-24-34)28-39-40(37)36-25-31-19-13-14-20-32(31)26-38(36)48-39/h1-28H. The van der Waals surface area contributed by atoms with Crippen molar-refractivity contribution >= 4 is 49.8 Å². The number of hydrogen-bond acceptors (Lipinski definition) is 5. The van der Waals surface area contributed by atoms with E-state index < -0.39 is 0 Å². The summed E-state index contributed by atoms with van der Waals surface area (Å²) in [7, 11) is 0. The summed E-state index contributed by atoms with van der Waals surface area (Å²) in [4.78, 5) is 17.5. The van der Waals surface area contributed by atoms with Crippen LogP contribution in [0.2, 0.25) is 0 Å². The Morgan fingerprint density at radius 2 is 0.875 bits per heavy atom. The summed E-state index contributed by atoms with van der Waals surface area (Å²) in [6, 6.07) is 57.9. The lowest BCUT2D eigenvalue weighted by Crippen LogP contribution is -2.10. The molecule has 5 heteroatoms. The predicted octanol–water partition coefficient (Wildman–Crippen LogP) is 11.4. The van der Waals surface area contributed by atoms with Crippen molar-refractivity contribution in [2.24, 2.45) is 0 Å². The third-order valence-electron chi connectivity index (χ3n) is 8.65. The van der Waals surface area contributed by atoms with E-state index in [1.165, 1.54) is 0 Å². The van der Waals surface area contributed by atoms with E-state index >= 15 is 0 Å². The van der Waals surface area contributed by atoms with Crippen LogP contribution in [0.4, 0.5) is 17.1 Å². The van der Waals surface area contributed by atoms with E-state index in [4.69, 9.17) is 19.4 Å². The molecule has 9 rings (SSSR count). The molecule has 7 aromatic carbocycles. The number of furan rings is 1. The zero-order valence-corrected chi connectivity index (χ0v) is 25.9. The van der Waals surface area contributed by atoms with E-state index in [2.05, 4.69) is 102 Å². The van der Waals surface area contributed by atoms with Gasteiger partial charge in [0.2, 0.25) is 0 Å². The van der Waals surface area contributed by atoms with E-state index in [1.54, 1.807) is 0 Å². The molecule has 0 amide bonds. The maximum atomic E-state index is 6.72. The van der Waals surface area contributed by atoms with Gasteiger partial charge in [0, 0.05) is 44.9 Å². The van der Waals surface area contributed by atoms with Crippen LogP contribution in [0.1, 0.15) is 0 Å². The Morgan fingerprint density at radius 3 is 1.44 bits per heavy atom. The molecule has 0 aliphatic heterocycles. The van der Waals surface area contributed by atoms with E-state index in [-0.39, 0.29) is 0 Å². The SMILES string of the molecule is c1ccc(-c2nc(-c3ccccc3)nc(-c3cc(N(c4ccccc4)c4ccccc4)cc4oc5cc6ccccc6cc5c34)n2)cc1. The van der Waals surface area contributed by atoms with Crippen LogP contribution in [-0.2, 0) is 0 Å². The van der Waals surface area contributed by atoms with Crippen molar-refractivity contribution in [2.75, 3.05) is 4.90 Å². The average molecular weight is 617 g/mol. The minimum atomic E-state index is 0.575. The average Bonchev–Trinajstić information content (AvgIpc) is 3.52. The second-order valence-electron chi connectivity index (χ2n) is 11.7. The Kier molecular flexibility index (Phi) is 6.72. The maximum absolute atomic E-state index is 6.72. The molecule has 0 aliphatic rings. The van der Waals surface area contributed by atoms with Gasteiger partial charge in [0.15, 0.2) is 17.5 Å². The summed E-state index contributed by atoms with van der Waals surface area (Å²) in [5, 5.41) is 4.24. The molecule has 0 bridgehead atoms. The van der Waals surface area contributed by atoms with Crippen molar-refractivity contribution < 1.29 is 4.42 Å². The largest absolute Gasteiger partial charge is 0.456 e. The number of aromatic nitrogens is 3. The van der Waals surface area contributed by atoms with Gasteiger partial charge in [0.05, 0.1) is 5.69 Å². The van der Waals surface area contributed by atoms with Crippen LogP contribution in [0.5, 0.6) is 0 Å². The van der Waals surface area contributed by atoms with Crippen molar-refractivity contribution in [2.45, 2.75) is 0 Å². The molecule has 5 nitrogen and oxygen atoms in total. The lowest BCUT2D eigenvalue weighted by atomic mass is 10.0. The molecule has 0 N–H and O–H groups in total. The predicted molar refractivity (Wildman–Crippen MR) is 196 cm³/mol. The highest BCUT2D eigenvalue weighted by atomic mass is 16.3. The first-order valence-electron chi connectivity index (χ1n) is 16.0.